The summed E-state index contributed by atoms with van der Waals surface area (Å²) < 4.78 is 28.2. The van der Waals surface area contributed by atoms with Crippen LogP contribution >= 0.6 is 11.6 Å². The fourth-order valence-corrected chi connectivity index (χ4v) is 4.58. The van der Waals surface area contributed by atoms with Gasteiger partial charge in [0.1, 0.15) is 22.2 Å². The summed E-state index contributed by atoms with van der Waals surface area (Å²) in [6.45, 7) is 5.58. The molecule has 0 unspecified atom stereocenters. The highest BCUT2D eigenvalue weighted by Crippen LogP contribution is 2.40. The molecular formula is C25H21ClFN9O3. The van der Waals surface area contributed by atoms with Crippen LogP contribution in [0.3, 0.4) is 0 Å². The maximum atomic E-state index is 14.6. The Balaban J connectivity index is 1.45. The number of amides is 1. The minimum Gasteiger partial charge on any atom is -0.434 e. The number of hydrogen-bond donors (Lipinski definition) is 1. The lowest BCUT2D eigenvalue weighted by Crippen LogP contribution is -2.48. The molecule has 1 fully saturated rings. The Morgan fingerprint density at radius 2 is 2.00 bits per heavy atom. The van der Waals surface area contributed by atoms with Crippen LogP contribution < -0.4 is 14.4 Å². The van der Waals surface area contributed by atoms with E-state index in [9.17, 15) is 9.18 Å². The number of carbonyl (C=O) groups is 1. The normalized spacial score (nSPS) is 13.7. The zero-order valence-corrected chi connectivity index (χ0v) is 21.4. The van der Waals surface area contributed by atoms with Crippen molar-refractivity contribution in [2.75, 3.05) is 31.1 Å². The summed E-state index contributed by atoms with van der Waals surface area (Å²) in [5.74, 6) is 0.320. The van der Waals surface area contributed by atoms with Crippen LogP contribution in [0.4, 0.5) is 10.2 Å². The van der Waals surface area contributed by atoms with Crippen LogP contribution in [0.25, 0.3) is 21.8 Å². The first-order valence-electron chi connectivity index (χ1n) is 11.9. The van der Waals surface area contributed by atoms with Gasteiger partial charge in [-0.15, -0.1) is 0 Å². The average molecular weight is 550 g/mol. The summed E-state index contributed by atoms with van der Waals surface area (Å²) in [5.41, 5.74) is 0.734. The van der Waals surface area contributed by atoms with Gasteiger partial charge in [0, 0.05) is 45.5 Å². The summed E-state index contributed by atoms with van der Waals surface area (Å²) >= 11 is 6.29. The van der Waals surface area contributed by atoms with E-state index in [2.05, 4.69) is 36.8 Å². The van der Waals surface area contributed by atoms with E-state index in [1.807, 2.05) is 4.90 Å². The summed E-state index contributed by atoms with van der Waals surface area (Å²) in [7, 11) is 1.76. The molecule has 1 aromatic carbocycles. The third-order valence-electron chi connectivity index (χ3n) is 6.29. The van der Waals surface area contributed by atoms with Crippen LogP contribution in [-0.2, 0) is 11.8 Å². The molecule has 1 N–H and O–H groups in total. The number of carbonyl (C=O) groups excluding carboxylic acids is 1. The number of aromatic amines is 1. The van der Waals surface area contributed by atoms with Gasteiger partial charge in [-0.2, -0.15) is 20.2 Å². The number of fused-ring (bicyclic) bond motifs is 2. The minimum absolute atomic E-state index is 0.0340. The number of pyridine rings is 1. The van der Waals surface area contributed by atoms with Crippen molar-refractivity contribution >= 4 is 45.1 Å². The third-order valence-corrected chi connectivity index (χ3v) is 6.64. The molecule has 0 aliphatic carbocycles. The molecule has 1 saturated heterocycles. The number of benzene rings is 1. The molecule has 1 aliphatic heterocycles. The van der Waals surface area contributed by atoms with Gasteiger partial charge in [0.15, 0.2) is 11.5 Å². The largest absolute Gasteiger partial charge is 0.434 e. The van der Waals surface area contributed by atoms with Crippen molar-refractivity contribution in [1.29, 1.82) is 0 Å². The van der Waals surface area contributed by atoms with Crippen LogP contribution in [0.1, 0.15) is 0 Å². The summed E-state index contributed by atoms with van der Waals surface area (Å²) in [6, 6.07) is 3.03. The van der Waals surface area contributed by atoms with Crippen LogP contribution in [-0.4, -0.2) is 71.9 Å². The monoisotopic (exact) mass is 549 g/mol. The summed E-state index contributed by atoms with van der Waals surface area (Å²) in [5, 5.41) is 11.7. The fourth-order valence-electron chi connectivity index (χ4n) is 4.38. The van der Waals surface area contributed by atoms with Gasteiger partial charge in [0.2, 0.25) is 11.8 Å². The predicted octanol–water partition coefficient (Wildman–Crippen LogP) is 3.85. The molecule has 6 rings (SSSR count). The molecule has 0 spiro atoms. The SMILES string of the molecule is C=CC(=O)N1CCN(c2nc(Oc3cnn(C)c3)nc3c(Oc4c(Cl)c(F)cc5[nH]ncc45)nccc23)CC1. The van der Waals surface area contributed by atoms with Crippen molar-refractivity contribution in [2.45, 2.75) is 0 Å². The Morgan fingerprint density at radius 3 is 2.74 bits per heavy atom. The second-order valence-electron chi connectivity index (χ2n) is 8.75. The second kappa shape index (κ2) is 9.83. The molecule has 0 atom stereocenters. The van der Waals surface area contributed by atoms with Gasteiger partial charge in [-0.25, -0.2) is 9.37 Å². The summed E-state index contributed by atoms with van der Waals surface area (Å²) in [6.07, 6.45) is 7.55. The average Bonchev–Trinajstić information content (AvgIpc) is 3.59. The number of H-pyrrole nitrogens is 1. The van der Waals surface area contributed by atoms with E-state index in [0.717, 1.165) is 0 Å². The molecule has 5 aromatic rings. The van der Waals surface area contributed by atoms with Crippen molar-refractivity contribution < 1.29 is 18.7 Å². The zero-order chi connectivity index (χ0) is 27.1. The number of piperazine rings is 1. The molecule has 12 nitrogen and oxygen atoms in total. The van der Waals surface area contributed by atoms with Crippen LogP contribution in [0.15, 0.2) is 49.6 Å². The smallest absolute Gasteiger partial charge is 0.324 e. The fraction of sp³-hybridized carbons (Fsp3) is 0.200. The molecule has 39 heavy (non-hydrogen) atoms. The number of anilines is 1. The first kappa shape index (κ1) is 24.6. The molecule has 1 aliphatic rings. The topological polar surface area (TPSA) is 127 Å². The molecular weight excluding hydrogens is 529 g/mol. The van der Waals surface area contributed by atoms with E-state index in [-0.39, 0.29) is 28.6 Å². The quantitative estimate of drug-likeness (QED) is 0.314. The van der Waals surface area contributed by atoms with E-state index in [1.165, 1.54) is 24.5 Å². The minimum atomic E-state index is -0.675. The van der Waals surface area contributed by atoms with Crippen LogP contribution in [0.2, 0.25) is 5.02 Å². The molecule has 0 radical (unpaired) electrons. The number of nitrogens with one attached hydrogen (secondary N) is 1. The van der Waals surface area contributed by atoms with Gasteiger partial charge >= 0.3 is 6.01 Å². The Labute approximate surface area is 225 Å². The van der Waals surface area contributed by atoms with Crippen molar-refractivity contribution in [1.82, 2.24) is 39.8 Å². The number of aromatic nitrogens is 7. The van der Waals surface area contributed by atoms with Crippen molar-refractivity contribution in [3.05, 3.63) is 60.4 Å². The molecule has 198 valence electrons. The molecule has 4 aromatic heterocycles. The number of halogens is 2. The third kappa shape index (κ3) is 4.56. The van der Waals surface area contributed by atoms with Gasteiger partial charge in [0.05, 0.1) is 34.9 Å². The maximum absolute atomic E-state index is 14.6. The van der Waals surface area contributed by atoms with Crippen LogP contribution in [0.5, 0.6) is 23.4 Å². The first-order valence-corrected chi connectivity index (χ1v) is 12.3. The van der Waals surface area contributed by atoms with E-state index < -0.39 is 5.82 Å². The standard InChI is InChI=1S/C25H21ClFN9O3/c1-3-19(37)35-6-8-36(9-7-35)23-15-4-5-28-24(21(15)31-25(32-23)38-14-11-30-34(2)13-14)39-22-16-12-29-33-18(16)10-17(27)20(22)26/h3-5,10-13H,1,6-9H2,2H3,(H,29,33). The van der Waals surface area contributed by atoms with E-state index in [1.54, 1.807) is 35.1 Å². The Kier molecular flexibility index (Phi) is 6.19. The van der Waals surface area contributed by atoms with Gasteiger partial charge in [0.25, 0.3) is 0 Å². The lowest BCUT2D eigenvalue weighted by molar-refractivity contribution is -0.126. The molecule has 1 amide bonds. The van der Waals surface area contributed by atoms with Gasteiger partial charge in [-0.05, 0) is 12.1 Å². The number of ether oxygens (including phenoxy) is 2. The van der Waals surface area contributed by atoms with E-state index in [0.29, 0.717) is 59.6 Å². The lowest BCUT2D eigenvalue weighted by atomic mass is 10.2. The highest BCUT2D eigenvalue weighted by molar-refractivity contribution is 6.33. The van der Waals surface area contributed by atoms with Crippen molar-refractivity contribution in [3.63, 3.8) is 0 Å². The highest BCUT2D eigenvalue weighted by Gasteiger charge is 2.25. The zero-order valence-electron chi connectivity index (χ0n) is 20.6. The highest BCUT2D eigenvalue weighted by atomic mass is 35.5. The predicted molar refractivity (Wildman–Crippen MR) is 141 cm³/mol. The Bertz CT molecular complexity index is 1730. The first-order chi connectivity index (χ1) is 18.9. The Hall–Kier alpha value is -4.78. The van der Waals surface area contributed by atoms with Gasteiger partial charge in [-0.1, -0.05) is 18.2 Å². The maximum Gasteiger partial charge on any atom is 0.324 e. The number of aryl methyl sites for hydroxylation is 1. The molecule has 14 heteroatoms. The Morgan fingerprint density at radius 1 is 1.18 bits per heavy atom. The van der Waals surface area contributed by atoms with E-state index in [4.69, 9.17) is 21.1 Å². The van der Waals surface area contributed by atoms with Crippen molar-refractivity contribution in [3.8, 4) is 23.4 Å². The van der Waals surface area contributed by atoms with Gasteiger partial charge in [-0.3, -0.25) is 14.6 Å². The van der Waals surface area contributed by atoms with Gasteiger partial charge < -0.3 is 19.3 Å². The lowest BCUT2D eigenvalue weighted by Gasteiger charge is -2.35. The number of rotatable bonds is 6. The number of hydrogen-bond acceptors (Lipinski definition) is 9. The molecule has 0 saturated carbocycles. The second-order valence-corrected chi connectivity index (χ2v) is 9.12. The van der Waals surface area contributed by atoms with E-state index >= 15 is 0 Å². The summed E-state index contributed by atoms with van der Waals surface area (Å²) in [4.78, 5) is 29.5. The molecule has 0 bridgehead atoms. The van der Waals surface area contributed by atoms with Crippen molar-refractivity contribution in [2.24, 2.45) is 7.05 Å². The van der Waals surface area contributed by atoms with Crippen LogP contribution in [0, 0.1) is 5.82 Å². The number of nitrogens with zero attached hydrogens (tertiary/aromatic N) is 8. The molecule has 5 heterocycles.